The zero-order valence-corrected chi connectivity index (χ0v) is 20.6. The Kier molecular flexibility index (Phi) is 6.91. The zero-order valence-electron chi connectivity index (χ0n) is 20.6. The van der Waals surface area contributed by atoms with Crippen molar-refractivity contribution in [3.8, 4) is 28.7 Å². The van der Waals surface area contributed by atoms with E-state index in [1.165, 1.54) is 6.20 Å². The van der Waals surface area contributed by atoms with E-state index in [1.54, 1.807) is 26.5 Å². The van der Waals surface area contributed by atoms with Gasteiger partial charge in [0.1, 0.15) is 17.5 Å². The van der Waals surface area contributed by atoms with Crippen molar-refractivity contribution in [3.63, 3.8) is 0 Å². The molecule has 1 N–H and O–H groups in total. The lowest BCUT2D eigenvalue weighted by atomic mass is 9.65. The van der Waals surface area contributed by atoms with Crippen molar-refractivity contribution in [2.24, 2.45) is 0 Å². The maximum absolute atomic E-state index is 15.5. The largest absolute Gasteiger partial charge is 0.467 e. The van der Waals surface area contributed by atoms with Gasteiger partial charge in [-0.1, -0.05) is 11.5 Å². The number of rotatable bonds is 8. The van der Waals surface area contributed by atoms with E-state index >= 15 is 4.39 Å². The standard InChI is InChI=1S/C24H30BFN6O4/c1-24-8-4-5-19(32(24)25(2)33)22(26)21(12-24)36-23-28-13-18(29-30-23)17-7-6-16(31-10-9-27-14-31)11-20(17)35-15-34-3/h6-7,9-11,13-14,19,21-22,33H,4-5,8,12,15H2,1-3H3/t19-,21+,22-,24+/m1/s1. The number of imidazole rings is 1. The molecular weight excluding hydrogens is 466 g/mol. The Morgan fingerprint density at radius 3 is 2.86 bits per heavy atom. The van der Waals surface area contributed by atoms with E-state index in [1.807, 2.05) is 33.8 Å². The Morgan fingerprint density at radius 1 is 1.31 bits per heavy atom. The van der Waals surface area contributed by atoms with E-state index in [-0.39, 0.29) is 18.3 Å². The molecule has 2 fully saturated rings. The molecular formula is C24H30BFN6O4. The van der Waals surface area contributed by atoms with E-state index in [0.29, 0.717) is 29.8 Å². The summed E-state index contributed by atoms with van der Waals surface area (Å²) in [6.45, 7) is 3.82. The van der Waals surface area contributed by atoms with Gasteiger partial charge in [-0.25, -0.2) is 14.4 Å². The number of fused-ring (bicyclic) bond motifs is 2. The Labute approximate surface area is 209 Å². The molecule has 0 amide bonds. The fourth-order valence-corrected chi connectivity index (χ4v) is 5.62. The molecule has 190 valence electrons. The molecule has 3 aromatic rings. The van der Waals surface area contributed by atoms with Gasteiger partial charge in [0.15, 0.2) is 13.0 Å². The van der Waals surface area contributed by atoms with Crippen LogP contribution in [0.3, 0.4) is 0 Å². The van der Waals surface area contributed by atoms with Crippen molar-refractivity contribution in [1.82, 2.24) is 29.5 Å². The van der Waals surface area contributed by atoms with E-state index in [9.17, 15) is 5.02 Å². The fourth-order valence-electron chi connectivity index (χ4n) is 5.62. The molecule has 0 aliphatic carbocycles. The van der Waals surface area contributed by atoms with Crippen LogP contribution < -0.4 is 9.47 Å². The van der Waals surface area contributed by atoms with Gasteiger partial charge >= 0.3 is 13.1 Å². The number of hydrogen-bond acceptors (Lipinski definition) is 9. The van der Waals surface area contributed by atoms with Gasteiger partial charge in [-0.2, -0.15) is 0 Å². The number of halogens is 1. The van der Waals surface area contributed by atoms with Crippen molar-refractivity contribution >= 4 is 7.05 Å². The van der Waals surface area contributed by atoms with Gasteiger partial charge in [-0.15, -0.1) is 5.10 Å². The molecule has 0 spiro atoms. The molecule has 0 unspecified atom stereocenters. The average Bonchev–Trinajstić information content (AvgIpc) is 3.41. The Bertz CT molecular complexity index is 1170. The lowest BCUT2D eigenvalue weighted by Crippen LogP contribution is -2.70. The molecule has 2 aromatic heterocycles. The van der Waals surface area contributed by atoms with E-state index in [0.717, 1.165) is 18.5 Å². The average molecular weight is 496 g/mol. The van der Waals surface area contributed by atoms with Crippen LogP contribution in [-0.2, 0) is 4.74 Å². The van der Waals surface area contributed by atoms with E-state index < -0.39 is 25.4 Å². The highest BCUT2D eigenvalue weighted by atomic mass is 19.1. The van der Waals surface area contributed by atoms with Gasteiger partial charge in [-0.3, -0.25) is 0 Å². The lowest BCUT2D eigenvalue weighted by Gasteiger charge is -2.57. The van der Waals surface area contributed by atoms with Gasteiger partial charge in [0, 0.05) is 49.1 Å². The maximum atomic E-state index is 15.5. The van der Waals surface area contributed by atoms with Crippen LogP contribution in [0.25, 0.3) is 16.9 Å². The number of nitrogens with zero attached hydrogens (tertiary/aromatic N) is 6. The first-order valence-corrected chi connectivity index (χ1v) is 12.1. The van der Waals surface area contributed by atoms with Crippen molar-refractivity contribution in [3.05, 3.63) is 43.1 Å². The van der Waals surface area contributed by atoms with Crippen molar-refractivity contribution in [1.29, 1.82) is 0 Å². The Morgan fingerprint density at radius 2 is 2.17 bits per heavy atom. The SMILES string of the molecule is COCOc1cc(-n2ccnc2)ccc1-c1cnc(O[C@H]2C[C@]3(C)CCC[C@H]([C@H]2F)N3B(C)O)nn1. The number of hydrogen-bond donors (Lipinski definition) is 1. The molecule has 2 bridgehead atoms. The third kappa shape index (κ3) is 4.68. The molecule has 1 aromatic carbocycles. The second kappa shape index (κ2) is 10.1. The number of aromatic nitrogens is 5. The molecule has 4 atom stereocenters. The molecule has 2 aliphatic rings. The normalized spacial score (nSPS) is 26.0. The van der Waals surface area contributed by atoms with Crippen LogP contribution in [0.2, 0.25) is 6.82 Å². The molecule has 0 radical (unpaired) electrons. The minimum absolute atomic E-state index is 0.0213. The molecule has 5 rings (SSSR count). The first-order chi connectivity index (χ1) is 17.4. The molecule has 10 nitrogen and oxygen atoms in total. The first kappa shape index (κ1) is 24.6. The highest BCUT2D eigenvalue weighted by Crippen LogP contribution is 2.44. The summed E-state index contributed by atoms with van der Waals surface area (Å²) in [5.41, 5.74) is 1.68. The van der Waals surface area contributed by atoms with E-state index in [4.69, 9.17) is 14.2 Å². The molecule has 2 saturated heterocycles. The molecule has 36 heavy (non-hydrogen) atoms. The first-order valence-electron chi connectivity index (χ1n) is 12.1. The number of methoxy groups -OCH3 is 1. The highest BCUT2D eigenvalue weighted by Gasteiger charge is 2.54. The summed E-state index contributed by atoms with van der Waals surface area (Å²) in [4.78, 5) is 10.3. The summed E-state index contributed by atoms with van der Waals surface area (Å²) in [7, 11) is 0.831. The van der Waals surface area contributed by atoms with Crippen molar-refractivity contribution < 1.29 is 23.6 Å². The Hall–Kier alpha value is -3.09. The third-order valence-electron chi connectivity index (χ3n) is 7.14. The van der Waals surface area contributed by atoms with Crippen LogP contribution in [0.4, 0.5) is 4.39 Å². The summed E-state index contributed by atoms with van der Waals surface area (Å²) in [5, 5.41) is 18.7. The molecule has 0 saturated carbocycles. The summed E-state index contributed by atoms with van der Waals surface area (Å²) in [6, 6.07) is 5.24. The number of ether oxygens (including phenoxy) is 3. The minimum Gasteiger partial charge on any atom is -0.467 e. The molecule has 12 heteroatoms. The van der Waals surface area contributed by atoms with Crippen LogP contribution in [-0.4, -0.2) is 79.4 Å². The van der Waals surface area contributed by atoms with Gasteiger partial charge in [0.2, 0.25) is 0 Å². The zero-order chi connectivity index (χ0) is 25.3. The molecule has 4 heterocycles. The number of alkyl halides is 1. The fraction of sp³-hybridized carbons (Fsp3) is 0.500. The van der Waals surface area contributed by atoms with E-state index in [2.05, 4.69) is 27.1 Å². The van der Waals surface area contributed by atoms with Crippen molar-refractivity contribution in [2.75, 3.05) is 13.9 Å². The monoisotopic (exact) mass is 496 g/mol. The van der Waals surface area contributed by atoms with Crippen LogP contribution in [0.15, 0.2) is 43.1 Å². The summed E-state index contributed by atoms with van der Waals surface area (Å²) in [5.74, 6) is 0.544. The number of piperidine rings is 2. The van der Waals surface area contributed by atoms with Crippen LogP contribution >= 0.6 is 0 Å². The van der Waals surface area contributed by atoms with Crippen LogP contribution in [0, 0.1) is 0 Å². The predicted molar refractivity (Wildman–Crippen MR) is 131 cm³/mol. The lowest BCUT2D eigenvalue weighted by molar-refractivity contribution is -0.0850. The van der Waals surface area contributed by atoms with Crippen molar-refractivity contribution in [2.45, 2.75) is 63.3 Å². The quantitative estimate of drug-likeness (QED) is 0.372. The second-order valence-corrected chi connectivity index (χ2v) is 9.63. The second-order valence-electron chi connectivity index (χ2n) is 9.63. The summed E-state index contributed by atoms with van der Waals surface area (Å²) in [6.07, 6.45) is 7.71. The van der Waals surface area contributed by atoms with Gasteiger partial charge in [0.25, 0.3) is 0 Å². The van der Waals surface area contributed by atoms with Gasteiger partial charge in [0.05, 0.1) is 18.2 Å². The minimum atomic E-state index is -1.26. The van der Waals surface area contributed by atoms with Gasteiger partial charge in [-0.05, 0) is 38.7 Å². The summed E-state index contributed by atoms with van der Waals surface area (Å²) < 4.78 is 34.1. The number of benzene rings is 1. The molecule has 2 aliphatic heterocycles. The summed E-state index contributed by atoms with van der Waals surface area (Å²) >= 11 is 0. The predicted octanol–water partition coefficient (Wildman–Crippen LogP) is 2.92. The van der Waals surface area contributed by atoms with Gasteiger partial charge < -0.3 is 28.6 Å². The maximum Gasteiger partial charge on any atom is 0.377 e. The third-order valence-corrected chi connectivity index (χ3v) is 7.14. The van der Waals surface area contributed by atoms with Crippen LogP contribution in [0.1, 0.15) is 32.6 Å². The Balaban J connectivity index is 1.35. The topological polar surface area (TPSA) is 108 Å². The smallest absolute Gasteiger partial charge is 0.377 e. The van der Waals surface area contributed by atoms with Crippen LogP contribution in [0.5, 0.6) is 11.8 Å². The highest BCUT2D eigenvalue weighted by molar-refractivity contribution is 6.45.